The fourth-order valence-corrected chi connectivity index (χ4v) is 4.08. The normalized spacial score (nSPS) is 16.2. The zero-order chi connectivity index (χ0) is 15.7. The highest BCUT2D eigenvalue weighted by Gasteiger charge is 2.27. The molecule has 0 spiro atoms. The molecular formula is C17H23N3OS. The van der Waals surface area contributed by atoms with Crippen LogP contribution in [0.5, 0.6) is 0 Å². The number of amides is 1. The van der Waals surface area contributed by atoms with E-state index in [2.05, 4.69) is 30.0 Å². The van der Waals surface area contributed by atoms with Crippen molar-refractivity contribution in [1.29, 1.82) is 0 Å². The molecule has 22 heavy (non-hydrogen) atoms. The van der Waals surface area contributed by atoms with E-state index in [0.29, 0.717) is 0 Å². The van der Waals surface area contributed by atoms with Gasteiger partial charge in [-0.25, -0.2) is 4.98 Å². The van der Waals surface area contributed by atoms with E-state index in [0.717, 1.165) is 43.0 Å². The number of aromatic nitrogens is 1. The molecule has 118 valence electrons. The number of fused-ring (bicyclic) bond motifs is 1. The molecule has 0 unspecified atom stereocenters. The van der Waals surface area contributed by atoms with Gasteiger partial charge in [0.05, 0.1) is 10.2 Å². The molecule has 2 aromatic rings. The number of benzene rings is 1. The van der Waals surface area contributed by atoms with Crippen LogP contribution in [0, 0.1) is 5.92 Å². The Morgan fingerprint density at radius 3 is 2.73 bits per heavy atom. The molecule has 0 N–H and O–H groups in total. The molecule has 0 atom stereocenters. The molecule has 1 amide bonds. The molecular weight excluding hydrogens is 294 g/mol. The van der Waals surface area contributed by atoms with Gasteiger partial charge in [-0.3, -0.25) is 4.79 Å². The summed E-state index contributed by atoms with van der Waals surface area (Å²) in [6.07, 6.45) is 2.90. The second-order valence-corrected chi connectivity index (χ2v) is 7.16. The number of carbonyl (C=O) groups is 1. The molecule has 5 heteroatoms. The first kappa shape index (κ1) is 15.3. The zero-order valence-corrected chi connectivity index (χ0v) is 14.3. The van der Waals surface area contributed by atoms with Crippen LogP contribution in [0.15, 0.2) is 18.2 Å². The highest BCUT2D eigenvalue weighted by Crippen LogP contribution is 2.32. The Morgan fingerprint density at radius 2 is 2.09 bits per heavy atom. The summed E-state index contributed by atoms with van der Waals surface area (Å²) in [4.78, 5) is 20.9. The summed E-state index contributed by atoms with van der Waals surface area (Å²) in [6, 6.07) is 6.53. The van der Waals surface area contributed by atoms with Gasteiger partial charge in [0.2, 0.25) is 5.91 Å². The van der Waals surface area contributed by atoms with Gasteiger partial charge in [0.1, 0.15) is 0 Å². The van der Waals surface area contributed by atoms with Gasteiger partial charge in [0.15, 0.2) is 5.13 Å². The molecule has 1 saturated heterocycles. The summed E-state index contributed by atoms with van der Waals surface area (Å²) < 4.78 is 1.26. The van der Waals surface area contributed by atoms with Gasteiger partial charge in [0, 0.05) is 33.1 Å². The van der Waals surface area contributed by atoms with Crippen molar-refractivity contribution in [2.45, 2.75) is 26.2 Å². The molecule has 0 radical (unpaired) electrons. The number of rotatable bonds is 3. The summed E-state index contributed by atoms with van der Waals surface area (Å²) in [5, 5.41) is 1.10. The van der Waals surface area contributed by atoms with Gasteiger partial charge in [-0.2, -0.15) is 0 Å². The average molecular weight is 317 g/mol. The number of nitrogens with zero attached hydrogens (tertiary/aromatic N) is 3. The van der Waals surface area contributed by atoms with Crippen molar-refractivity contribution in [3.63, 3.8) is 0 Å². The third-order valence-electron chi connectivity index (χ3n) is 4.41. The lowest BCUT2D eigenvalue weighted by Crippen LogP contribution is -2.40. The Hall–Kier alpha value is -1.62. The van der Waals surface area contributed by atoms with Crippen LogP contribution in [-0.4, -0.2) is 43.0 Å². The Kier molecular flexibility index (Phi) is 4.34. The number of aryl methyl sites for hydroxylation is 1. The first-order chi connectivity index (χ1) is 10.6. The van der Waals surface area contributed by atoms with Gasteiger partial charge < -0.3 is 9.80 Å². The van der Waals surface area contributed by atoms with E-state index in [1.807, 2.05) is 14.1 Å². The summed E-state index contributed by atoms with van der Waals surface area (Å²) in [7, 11) is 3.68. The van der Waals surface area contributed by atoms with Crippen LogP contribution in [0.1, 0.15) is 25.3 Å². The molecule has 1 aliphatic rings. The highest BCUT2D eigenvalue weighted by atomic mass is 32.1. The van der Waals surface area contributed by atoms with E-state index in [-0.39, 0.29) is 11.8 Å². The predicted octanol–water partition coefficient (Wildman–Crippen LogP) is 3.16. The molecule has 3 rings (SSSR count). The van der Waals surface area contributed by atoms with Crippen LogP contribution >= 0.6 is 11.3 Å². The molecule has 1 aliphatic heterocycles. The van der Waals surface area contributed by atoms with Crippen LogP contribution in [-0.2, 0) is 11.2 Å². The lowest BCUT2D eigenvalue weighted by Gasteiger charge is -2.32. The van der Waals surface area contributed by atoms with Crippen molar-refractivity contribution < 1.29 is 4.79 Å². The predicted molar refractivity (Wildman–Crippen MR) is 92.6 cm³/mol. The minimum atomic E-state index is 0.173. The van der Waals surface area contributed by atoms with Crippen molar-refractivity contribution in [1.82, 2.24) is 9.88 Å². The zero-order valence-electron chi connectivity index (χ0n) is 13.5. The van der Waals surface area contributed by atoms with E-state index in [1.54, 1.807) is 16.2 Å². The van der Waals surface area contributed by atoms with E-state index in [1.165, 1.54) is 10.3 Å². The summed E-state index contributed by atoms with van der Waals surface area (Å²) in [5.74, 6) is 0.434. The maximum absolute atomic E-state index is 12.0. The van der Waals surface area contributed by atoms with Gasteiger partial charge in [-0.05, 0) is 37.0 Å². The standard InChI is InChI=1S/C17H23N3OS/c1-4-12-5-6-14-15(11-12)22-17(18-14)20-9-7-13(8-10-20)16(21)19(2)3/h5-6,11,13H,4,7-10H2,1-3H3. The molecule has 1 aromatic heterocycles. The van der Waals surface area contributed by atoms with Gasteiger partial charge in [-0.1, -0.05) is 24.3 Å². The van der Waals surface area contributed by atoms with Crippen LogP contribution in [0.3, 0.4) is 0 Å². The third kappa shape index (κ3) is 2.95. The maximum atomic E-state index is 12.0. The van der Waals surface area contributed by atoms with Crippen LogP contribution in [0.4, 0.5) is 5.13 Å². The number of thiazole rings is 1. The van der Waals surface area contributed by atoms with Crippen LogP contribution in [0.25, 0.3) is 10.2 Å². The lowest BCUT2D eigenvalue weighted by molar-refractivity contribution is -0.133. The Labute approximate surface area is 135 Å². The van der Waals surface area contributed by atoms with Gasteiger partial charge in [-0.15, -0.1) is 0 Å². The first-order valence-corrected chi connectivity index (χ1v) is 8.75. The molecule has 0 aliphatic carbocycles. The average Bonchev–Trinajstić information content (AvgIpc) is 2.97. The van der Waals surface area contributed by atoms with E-state index < -0.39 is 0 Å². The third-order valence-corrected chi connectivity index (χ3v) is 5.48. The van der Waals surface area contributed by atoms with Gasteiger partial charge in [0.25, 0.3) is 0 Å². The smallest absolute Gasteiger partial charge is 0.225 e. The monoisotopic (exact) mass is 317 g/mol. The summed E-state index contributed by atoms with van der Waals surface area (Å²) >= 11 is 1.77. The van der Waals surface area contributed by atoms with Crippen molar-refractivity contribution in [2.24, 2.45) is 5.92 Å². The number of anilines is 1. The lowest BCUT2D eigenvalue weighted by atomic mass is 9.96. The minimum Gasteiger partial charge on any atom is -0.349 e. The van der Waals surface area contributed by atoms with Crippen LogP contribution < -0.4 is 4.90 Å². The Balaban J connectivity index is 1.72. The van der Waals surface area contributed by atoms with E-state index in [4.69, 9.17) is 4.98 Å². The molecule has 0 saturated carbocycles. The molecule has 2 heterocycles. The topological polar surface area (TPSA) is 36.4 Å². The van der Waals surface area contributed by atoms with Crippen molar-refractivity contribution in [2.75, 3.05) is 32.1 Å². The van der Waals surface area contributed by atoms with E-state index in [9.17, 15) is 4.79 Å². The van der Waals surface area contributed by atoms with Crippen molar-refractivity contribution >= 4 is 32.6 Å². The number of piperidine rings is 1. The van der Waals surface area contributed by atoms with E-state index >= 15 is 0 Å². The minimum absolute atomic E-state index is 0.173. The second-order valence-electron chi connectivity index (χ2n) is 6.15. The second kappa shape index (κ2) is 6.24. The largest absolute Gasteiger partial charge is 0.349 e. The molecule has 4 nitrogen and oxygen atoms in total. The number of hydrogen-bond acceptors (Lipinski definition) is 4. The summed E-state index contributed by atoms with van der Waals surface area (Å²) in [6.45, 7) is 4.02. The molecule has 1 aromatic carbocycles. The first-order valence-electron chi connectivity index (χ1n) is 7.94. The molecule has 0 bridgehead atoms. The van der Waals surface area contributed by atoms with Gasteiger partial charge >= 0.3 is 0 Å². The highest BCUT2D eigenvalue weighted by molar-refractivity contribution is 7.22. The molecule has 1 fully saturated rings. The van der Waals surface area contributed by atoms with Crippen molar-refractivity contribution in [3.8, 4) is 0 Å². The fraction of sp³-hybridized carbons (Fsp3) is 0.529. The summed E-state index contributed by atoms with van der Waals surface area (Å²) in [5.41, 5.74) is 2.45. The number of carbonyl (C=O) groups excluding carboxylic acids is 1. The maximum Gasteiger partial charge on any atom is 0.225 e. The fourth-order valence-electron chi connectivity index (χ4n) is 2.99. The van der Waals surface area contributed by atoms with Crippen LogP contribution in [0.2, 0.25) is 0 Å². The number of hydrogen-bond donors (Lipinski definition) is 0. The Morgan fingerprint density at radius 1 is 1.36 bits per heavy atom. The quantitative estimate of drug-likeness (QED) is 0.872. The Bertz CT molecular complexity index is 672. The van der Waals surface area contributed by atoms with Crippen molar-refractivity contribution in [3.05, 3.63) is 23.8 Å². The SMILES string of the molecule is CCc1ccc2nc(N3CCC(C(=O)N(C)C)CC3)sc2c1.